The number of anilines is 1. The maximum Gasteiger partial charge on any atom is 0.225 e. The topological polar surface area (TPSA) is 66.9 Å². The molecule has 2 aromatic rings. The van der Waals surface area contributed by atoms with E-state index in [1.165, 1.54) is 0 Å². The van der Waals surface area contributed by atoms with E-state index >= 15 is 0 Å². The van der Waals surface area contributed by atoms with Crippen molar-refractivity contribution in [1.82, 2.24) is 19.9 Å². The lowest BCUT2D eigenvalue weighted by atomic mass is 10.2. The van der Waals surface area contributed by atoms with Crippen molar-refractivity contribution in [3.05, 3.63) is 35.7 Å². The molecule has 2 aromatic heterocycles. The lowest BCUT2D eigenvalue weighted by Crippen LogP contribution is -2.27. The van der Waals surface area contributed by atoms with Crippen molar-refractivity contribution in [3.8, 4) is 0 Å². The number of hydrogen-bond donors (Lipinski definition) is 1. The Hall–Kier alpha value is -1.95. The molecule has 3 heterocycles. The minimum atomic E-state index is 0.134. The van der Waals surface area contributed by atoms with Crippen molar-refractivity contribution in [2.45, 2.75) is 32.4 Å². The van der Waals surface area contributed by atoms with Crippen LogP contribution in [0.15, 0.2) is 18.5 Å². The lowest BCUT2D eigenvalue weighted by molar-refractivity contribution is 0.118. The van der Waals surface area contributed by atoms with Crippen LogP contribution >= 0.6 is 0 Å². The van der Waals surface area contributed by atoms with E-state index in [1.807, 2.05) is 19.9 Å². The van der Waals surface area contributed by atoms with Crippen LogP contribution in [0.3, 0.4) is 0 Å². The molecule has 0 aliphatic carbocycles. The highest BCUT2D eigenvalue weighted by Gasteiger charge is 2.36. The Balaban J connectivity index is 1.94. The maximum atomic E-state index is 5.51. The van der Waals surface area contributed by atoms with Crippen LogP contribution in [0.2, 0.25) is 0 Å². The van der Waals surface area contributed by atoms with Crippen molar-refractivity contribution in [2.24, 2.45) is 0 Å². The van der Waals surface area contributed by atoms with Gasteiger partial charge in [-0.05, 0) is 19.9 Å². The fourth-order valence-electron chi connectivity index (χ4n) is 2.62. The molecular formula is C14H19N5O. The molecule has 20 heavy (non-hydrogen) atoms. The molecule has 0 saturated carbocycles. The molecule has 2 atom stereocenters. The van der Waals surface area contributed by atoms with Crippen LogP contribution in [0.1, 0.15) is 29.7 Å². The molecule has 0 bridgehead atoms. The Labute approximate surface area is 118 Å². The number of nitrogens with zero attached hydrogens (tertiary/aromatic N) is 4. The Kier molecular flexibility index (Phi) is 3.40. The summed E-state index contributed by atoms with van der Waals surface area (Å²) in [6.45, 7) is 4.84. The standard InChI is InChI=1S/C14H19N5O/c1-9-10(2)18-13(17-9)12-7-11(20-3)8-19(12)14-15-5-4-6-16-14/h4-6,11-12H,7-8H2,1-3H3,(H,17,18)/t11-,12+/m1/s1. The predicted octanol–water partition coefficient (Wildman–Crippen LogP) is 1.78. The summed E-state index contributed by atoms with van der Waals surface area (Å²) >= 11 is 0. The van der Waals surface area contributed by atoms with Crippen LogP contribution in [-0.4, -0.2) is 39.7 Å². The SMILES string of the molecule is CO[C@@H]1C[C@@H](c2nc(C)c(C)[nH]2)N(c2ncccn2)C1. The molecule has 0 amide bonds. The molecule has 1 aliphatic rings. The number of hydrogen-bond acceptors (Lipinski definition) is 5. The molecule has 3 rings (SSSR count). The van der Waals surface area contributed by atoms with E-state index < -0.39 is 0 Å². The zero-order chi connectivity index (χ0) is 14.1. The highest BCUT2D eigenvalue weighted by atomic mass is 16.5. The van der Waals surface area contributed by atoms with Gasteiger partial charge in [-0.15, -0.1) is 0 Å². The Morgan fingerprint density at radius 1 is 1.30 bits per heavy atom. The van der Waals surface area contributed by atoms with Gasteiger partial charge in [-0.25, -0.2) is 15.0 Å². The van der Waals surface area contributed by atoms with Crippen LogP contribution in [0, 0.1) is 13.8 Å². The first-order valence-corrected chi connectivity index (χ1v) is 6.78. The van der Waals surface area contributed by atoms with E-state index in [4.69, 9.17) is 4.74 Å². The van der Waals surface area contributed by atoms with Crippen molar-refractivity contribution in [1.29, 1.82) is 0 Å². The van der Waals surface area contributed by atoms with Gasteiger partial charge < -0.3 is 14.6 Å². The molecular weight excluding hydrogens is 254 g/mol. The van der Waals surface area contributed by atoms with Crippen molar-refractivity contribution >= 4 is 5.95 Å². The van der Waals surface area contributed by atoms with Crippen LogP contribution in [-0.2, 0) is 4.74 Å². The molecule has 1 N–H and O–H groups in total. The number of nitrogens with one attached hydrogen (secondary N) is 1. The number of methoxy groups -OCH3 is 1. The quantitative estimate of drug-likeness (QED) is 0.923. The summed E-state index contributed by atoms with van der Waals surface area (Å²) in [4.78, 5) is 18.9. The fraction of sp³-hybridized carbons (Fsp3) is 0.500. The first-order chi connectivity index (χ1) is 9.69. The number of aromatic nitrogens is 4. The smallest absolute Gasteiger partial charge is 0.225 e. The van der Waals surface area contributed by atoms with Gasteiger partial charge in [-0.2, -0.15) is 0 Å². The first-order valence-electron chi connectivity index (χ1n) is 6.78. The summed E-state index contributed by atoms with van der Waals surface area (Å²) in [5, 5.41) is 0. The van der Waals surface area contributed by atoms with Gasteiger partial charge in [0, 0.05) is 38.2 Å². The molecule has 106 valence electrons. The van der Waals surface area contributed by atoms with Gasteiger partial charge in [0.15, 0.2) is 0 Å². The summed E-state index contributed by atoms with van der Waals surface area (Å²) in [5.74, 6) is 1.69. The van der Waals surface area contributed by atoms with Crippen molar-refractivity contribution in [2.75, 3.05) is 18.6 Å². The Morgan fingerprint density at radius 3 is 2.65 bits per heavy atom. The number of ether oxygens (including phenoxy) is 1. The first kappa shape index (κ1) is 13.1. The number of imidazole rings is 1. The number of H-pyrrole nitrogens is 1. The van der Waals surface area contributed by atoms with E-state index in [2.05, 4.69) is 24.8 Å². The number of rotatable bonds is 3. The summed E-state index contributed by atoms with van der Waals surface area (Å²) < 4.78 is 5.51. The average Bonchev–Trinajstić information content (AvgIpc) is 3.04. The van der Waals surface area contributed by atoms with E-state index in [1.54, 1.807) is 19.5 Å². The number of aromatic amines is 1. The minimum absolute atomic E-state index is 0.134. The normalized spacial score (nSPS) is 22.4. The Morgan fingerprint density at radius 2 is 2.05 bits per heavy atom. The van der Waals surface area contributed by atoms with Gasteiger partial charge in [0.05, 0.1) is 17.8 Å². The van der Waals surface area contributed by atoms with E-state index in [-0.39, 0.29) is 12.1 Å². The molecule has 1 fully saturated rings. The van der Waals surface area contributed by atoms with E-state index in [9.17, 15) is 0 Å². The lowest BCUT2D eigenvalue weighted by Gasteiger charge is -2.22. The third-order valence-electron chi connectivity index (χ3n) is 3.87. The van der Waals surface area contributed by atoms with Crippen molar-refractivity contribution in [3.63, 3.8) is 0 Å². The molecule has 1 saturated heterocycles. The summed E-state index contributed by atoms with van der Waals surface area (Å²) in [5.41, 5.74) is 2.14. The van der Waals surface area contributed by atoms with Gasteiger partial charge >= 0.3 is 0 Å². The minimum Gasteiger partial charge on any atom is -0.380 e. The van der Waals surface area contributed by atoms with Gasteiger partial charge in [-0.3, -0.25) is 0 Å². The zero-order valence-electron chi connectivity index (χ0n) is 12.0. The highest BCUT2D eigenvalue weighted by Crippen LogP contribution is 2.34. The van der Waals surface area contributed by atoms with Crippen LogP contribution < -0.4 is 4.90 Å². The molecule has 1 aliphatic heterocycles. The van der Waals surface area contributed by atoms with Gasteiger partial charge in [0.1, 0.15) is 5.82 Å². The molecule has 0 aromatic carbocycles. The highest BCUT2D eigenvalue weighted by molar-refractivity contribution is 5.36. The second-order valence-corrected chi connectivity index (χ2v) is 5.14. The molecule has 0 radical (unpaired) electrons. The second kappa shape index (κ2) is 5.20. The largest absolute Gasteiger partial charge is 0.380 e. The van der Waals surface area contributed by atoms with Crippen LogP contribution in [0.4, 0.5) is 5.95 Å². The van der Waals surface area contributed by atoms with E-state index in [0.717, 1.165) is 36.1 Å². The van der Waals surface area contributed by atoms with Gasteiger partial charge in [0.2, 0.25) is 5.95 Å². The third-order valence-corrected chi connectivity index (χ3v) is 3.87. The maximum absolute atomic E-state index is 5.51. The average molecular weight is 273 g/mol. The molecule has 0 spiro atoms. The second-order valence-electron chi connectivity index (χ2n) is 5.14. The summed E-state index contributed by atoms with van der Waals surface area (Å²) in [6.07, 6.45) is 4.59. The summed E-state index contributed by atoms with van der Waals surface area (Å²) in [6, 6.07) is 1.96. The zero-order valence-corrected chi connectivity index (χ0v) is 12.0. The third kappa shape index (κ3) is 2.27. The van der Waals surface area contributed by atoms with Gasteiger partial charge in [0.25, 0.3) is 0 Å². The van der Waals surface area contributed by atoms with Crippen LogP contribution in [0.5, 0.6) is 0 Å². The molecule has 6 nitrogen and oxygen atoms in total. The molecule has 0 unspecified atom stereocenters. The van der Waals surface area contributed by atoms with Gasteiger partial charge in [-0.1, -0.05) is 0 Å². The van der Waals surface area contributed by atoms with Crippen molar-refractivity contribution < 1.29 is 4.74 Å². The number of aryl methyl sites for hydroxylation is 2. The van der Waals surface area contributed by atoms with Crippen LogP contribution in [0.25, 0.3) is 0 Å². The summed E-state index contributed by atoms with van der Waals surface area (Å²) in [7, 11) is 1.75. The fourth-order valence-corrected chi connectivity index (χ4v) is 2.62. The predicted molar refractivity (Wildman–Crippen MR) is 75.6 cm³/mol. The molecule has 6 heteroatoms. The Bertz CT molecular complexity index is 563. The monoisotopic (exact) mass is 273 g/mol. The van der Waals surface area contributed by atoms with E-state index in [0.29, 0.717) is 0 Å².